The quantitative estimate of drug-likeness (QED) is 0.597. The molecule has 2 aliphatic rings. The molecule has 2 heterocycles. The van der Waals surface area contributed by atoms with Crippen LogP contribution in [0.1, 0.15) is 24.3 Å². The number of hydrogen-bond acceptors (Lipinski definition) is 4. The van der Waals surface area contributed by atoms with Crippen LogP contribution in [0.15, 0.2) is 83.8 Å². The monoisotopic (exact) mass is 480 g/mol. The normalized spacial score (nSPS) is 24.0. The van der Waals surface area contributed by atoms with E-state index in [0.29, 0.717) is 13.0 Å². The van der Waals surface area contributed by atoms with Crippen LogP contribution in [0.2, 0.25) is 0 Å². The van der Waals surface area contributed by atoms with Gasteiger partial charge in [0.15, 0.2) is 0 Å². The molecule has 0 saturated carbocycles. The van der Waals surface area contributed by atoms with Crippen LogP contribution < -0.4 is 0 Å². The number of fused-ring (bicyclic) bond motifs is 1. The maximum Gasteiger partial charge on any atom is 0.246 e. The van der Waals surface area contributed by atoms with E-state index in [0.717, 1.165) is 29.7 Å². The maximum absolute atomic E-state index is 14.4. The molecule has 0 aliphatic carbocycles. The molecule has 1 N–H and O–H groups in total. The molecule has 5 nitrogen and oxygen atoms in total. The Labute approximate surface area is 200 Å². The van der Waals surface area contributed by atoms with Crippen LogP contribution in [0.4, 0.5) is 4.39 Å². The molecule has 178 valence electrons. The van der Waals surface area contributed by atoms with E-state index < -0.39 is 15.8 Å². The number of benzene rings is 3. The zero-order valence-corrected chi connectivity index (χ0v) is 19.7. The third kappa shape index (κ3) is 4.18. The van der Waals surface area contributed by atoms with Gasteiger partial charge in [0.1, 0.15) is 10.7 Å². The third-order valence-electron chi connectivity index (χ3n) is 7.19. The van der Waals surface area contributed by atoms with Gasteiger partial charge in [-0.3, -0.25) is 4.90 Å². The lowest BCUT2D eigenvalue weighted by atomic mass is 9.74. The molecule has 3 aromatic rings. The molecule has 0 spiro atoms. The van der Waals surface area contributed by atoms with Crippen LogP contribution in [0.3, 0.4) is 0 Å². The second kappa shape index (κ2) is 9.58. The molecule has 3 atom stereocenters. The van der Waals surface area contributed by atoms with Crippen molar-refractivity contribution in [2.45, 2.75) is 35.7 Å². The van der Waals surface area contributed by atoms with Gasteiger partial charge in [-0.15, -0.1) is 0 Å². The Morgan fingerprint density at radius 3 is 2.21 bits per heavy atom. The van der Waals surface area contributed by atoms with Crippen molar-refractivity contribution in [3.63, 3.8) is 0 Å². The summed E-state index contributed by atoms with van der Waals surface area (Å²) in [5.74, 6) is -0.720. The molecular formula is C27H29FN2O3S. The van der Waals surface area contributed by atoms with Crippen LogP contribution in [-0.4, -0.2) is 61.1 Å². The van der Waals surface area contributed by atoms with E-state index in [-0.39, 0.29) is 36.0 Å². The molecule has 5 rings (SSSR count). The first-order valence-corrected chi connectivity index (χ1v) is 13.2. The molecule has 2 fully saturated rings. The van der Waals surface area contributed by atoms with Crippen LogP contribution >= 0.6 is 0 Å². The average Bonchev–Trinajstić information content (AvgIpc) is 2.84. The fourth-order valence-corrected chi connectivity index (χ4v) is 7.01. The first kappa shape index (κ1) is 23.2. The fraction of sp³-hybridized carbons (Fsp3) is 0.333. The predicted molar refractivity (Wildman–Crippen MR) is 130 cm³/mol. The van der Waals surface area contributed by atoms with Gasteiger partial charge in [-0.2, -0.15) is 4.31 Å². The van der Waals surface area contributed by atoms with E-state index in [9.17, 15) is 17.9 Å². The minimum absolute atomic E-state index is 0.00578. The van der Waals surface area contributed by atoms with E-state index in [4.69, 9.17) is 0 Å². The zero-order chi connectivity index (χ0) is 23.7. The van der Waals surface area contributed by atoms with E-state index >= 15 is 0 Å². The Morgan fingerprint density at radius 2 is 1.50 bits per heavy atom. The minimum atomic E-state index is -3.96. The fourth-order valence-electron chi connectivity index (χ4n) is 5.45. The Bertz CT molecular complexity index is 1230. The molecule has 0 aromatic heterocycles. The number of rotatable bonds is 5. The molecule has 0 amide bonds. The number of sulfonamides is 1. The number of hydrogen-bond donors (Lipinski definition) is 1. The molecule has 0 radical (unpaired) electrons. The molecular weight excluding hydrogens is 451 g/mol. The lowest BCUT2D eigenvalue weighted by Gasteiger charge is -2.57. The maximum atomic E-state index is 14.4. The largest absolute Gasteiger partial charge is 0.395 e. The van der Waals surface area contributed by atoms with Gasteiger partial charge in [-0.25, -0.2) is 12.8 Å². The summed E-state index contributed by atoms with van der Waals surface area (Å²) in [5, 5.41) is 10.2. The highest BCUT2D eigenvalue weighted by Gasteiger charge is 2.50. The summed E-state index contributed by atoms with van der Waals surface area (Å²) in [6, 6.07) is 23.9. The van der Waals surface area contributed by atoms with Gasteiger partial charge in [0, 0.05) is 31.1 Å². The predicted octanol–water partition coefficient (Wildman–Crippen LogP) is 4.11. The number of aliphatic hydroxyl groups excluding tert-OH is 1. The van der Waals surface area contributed by atoms with E-state index in [2.05, 4.69) is 41.3 Å². The van der Waals surface area contributed by atoms with Gasteiger partial charge in [-0.1, -0.05) is 66.7 Å². The summed E-state index contributed by atoms with van der Waals surface area (Å²) in [5.41, 5.74) is 3.34. The molecule has 2 aliphatic heterocycles. The summed E-state index contributed by atoms with van der Waals surface area (Å²) < 4.78 is 42.6. The van der Waals surface area contributed by atoms with Gasteiger partial charge in [-0.05, 0) is 48.2 Å². The molecule has 0 bridgehead atoms. The highest BCUT2D eigenvalue weighted by molar-refractivity contribution is 7.89. The van der Waals surface area contributed by atoms with Crippen molar-refractivity contribution in [2.24, 2.45) is 0 Å². The van der Waals surface area contributed by atoms with E-state index in [1.165, 1.54) is 22.5 Å². The van der Waals surface area contributed by atoms with Gasteiger partial charge in [0.2, 0.25) is 10.0 Å². The van der Waals surface area contributed by atoms with Gasteiger partial charge < -0.3 is 5.11 Å². The SMILES string of the molecule is O=S(=O)(c1ccccc1F)N1CCCCN2[C@H](CO)[C@H](c3ccc(-c4ccccc4)cc3)[C@@H]2C1. The Morgan fingerprint density at radius 1 is 0.853 bits per heavy atom. The Kier molecular flexibility index (Phi) is 6.53. The Hall–Kier alpha value is -2.58. The summed E-state index contributed by atoms with van der Waals surface area (Å²) in [6.07, 6.45) is 1.53. The van der Waals surface area contributed by atoms with Gasteiger partial charge in [0.05, 0.1) is 6.61 Å². The average molecular weight is 481 g/mol. The number of halogens is 1. The first-order chi connectivity index (χ1) is 16.5. The third-order valence-corrected chi connectivity index (χ3v) is 9.09. The van der Waals surface area contributed by atoms with Crippen molar-refractivity contribution in [1.29, 1.82) is 0 Å². The van der Waals surface area contributed by atoms with Gasteiger partial charge >= 0.3 is 0 Å². The molecule has 2 saturated heterocycles. The van der Waals surface area contributed by atoms with Gasteiger partial charge in [0.25, 0.3) is 0 Å². The first-order valence-electron chi connectivity index (χ1n) is 11.8. The zero-order valence-electron chi connectivity index (χ0n) is 18.9. The van der Waals surface area contributed by atoms with Crippen molar-refractivity contribution in [3.05, 3.63) is 90.2 Å². The highest BCUT2D eigenvalue weighted by Crippen LogP contribution is 2.43. The lowest BCUT2D eigenvalue weighted by Crippen LogP contribution is -2.67. The summed E-state index contributed by atoms with van der Waals surface area (Å²) >= 11 is 0. The topological polar surface area (TPSA) is 60.9 Å². The molecule has 34 heavy (non-hydrogen) atoms. The molecule has 7 heteroatoms. The van der Waals surface area contributed by atoms with Crippen LogP contribution in [-0.2, 0) is 10.0 Å². The summed E-state index contributed by atoms with van der Waals surface area (Å²) in [4.78, 5) is 1.95. The minimum Gasteiger partial charge on any atom is -0.395 e. The second-order valence-electron chi connectivity index (χ2n) is 9.07. The number of nitrogens with zero attached hydrogens (tertiary/aromatic N) is 2. The van der Waals surface area contributed by atoms with Crippen molar-refractivity contribution in [3.8, 4) is 11.1 Å². The molecule has 3 aromatic carbocycles. The van der Waals surface area contributed by atoms with Crippen molar-refractivity contribution >= 4 is 10.0 Å². The van der Waals surface area contributed by atoms with Crippen LogP contribution in [0.25, 0.3) is 11.1 Å². The summed E-state index contributed by atoms with van der Waals surface area (Å²) in [7, 11) is -3.96. The van der Waals surface area contributed by atoms with Crippen molar-refractivity contribution < 1.29 is 17.9 Å². The highest BCUT2D eigenvalue weighted by atomic mass is 32.2. The second-order valence-corrected chi connectivity index (χ2v) is 11.0. The number of aliphatic hydroxyl groups is 1. The van der Waals surface area contributed by atoms with Crippen LogP contribution in [0.5, 0.6) is 0 Å². The smallest absolute Gasteiger partial charge is 0.246 e. The van der Waals surface area contributed by atoms with Crippen LogP contribution in [0, 0.1) is 5.82 Å². The lowest BCUT2D eigenvalue weighted by molar-refractivity contribution is -0.0554. The van der Waals surface area contributed by atoms with E-state index in [1.54, 1.807) is 6.07 Å². The van der Waals surface area contributed by atoms with Crippen molar-refractivity contribution in [1.82, 2.24) is 9.21 Å². The standard InChI is InChI=1S/C27H29FN2O3S/c28-23-10-4-5-11-26(23)34(32,33)29-16-6-7-17-30-24(18-29)27(25(30)19-31)22-14-12-21(13-15-22)20-8-2-1-3-9-20/h1-5,8-15,24-25,27,31H,6-7,16-19H2/t24-,25+,27+/m0/s1. The Balaban J connectivity index is 1.44. The molecule has 0 unspecified atom stereocenters. The summed E-state index contributed by atoms with van der Waals surface area (Å²) in [6.45, 7) is 1.48. The van der Waals surface area contributed by atoms with Crippen molar-refractivity contribution in [2.75, 3.05) is 26.2 Å². The van der Waals surface area contributed by atoms with E-state index in [1.807, 2.05) is 18.2 Å².